The van der Waals surface area contributed by atoms with Gasteiger partial charge in [0.1, 0.15) is 11.2 Å². The van der Waals surface area contributed by atoms with Gasteiger partial charge in [0.2, 0.25) is 0 Å². The van der Waals surface area contributed by atoms with Crippen molar-refractivity contribution >= 4 is 92.1 Å². The van der Waals surface area contributed by atoms with Crippen LogP contribution in [0.4, 0.5) is 17.1 Å². The second-order valence-electron chi connectivity index (χ2n) is 16.8. The maximum atomic E-state index is 6.54. The number of rotatable bonds is 7. The molecule has 2 aromatic heterocycles. The van der Waals surface area contributed by atoms with Gasteiger partial charge in [-0.3, -0.25) is 0 Å². The minimum atomic E-state index is 0.900. The second kappa shape index (κ2) is 15.2. The highest BCUT2D eigenvalue weighted by atomic mass is 32.1. The van der Waals surface area contributed by atoms with Crippen LogP contribution in [-0.4, -0.2) is 0 Å². The molecule has 3 heteroatoms. The topological polar surface area (TPSA) is 16.4 Å². The molecular weight excluding hydrogens is 807 g/mol. The Morgan fingerprint density at radius 3 is 1.68 bits per heavy atom. The van der Waals surface area contributed by atoms with Gasteiger partial charge in [-0.15, -0.1) is 11.3 Å². The number of hydrogen-bond acceptors (Lipinski definition) is 3. The molecule has 13 aromatic rings. The Kier molecular flexibility index (Phi) is 8.75. The Morgan fingerprint density at radius 1 is 0.323 bits per heavy atom. The largest absolute Gasteiger partial charge is 0.455 e. The lowest BCUT2D eigenvalue weighted by Crippen LogP contribution is -2.12. The highest BCUT2D eigenvalue weighted by molar-refractivity contribution is 7.26. The third-order valence-electron chi connectivity index (χ3n) is 13.1. The van der Waals surface area contributed by atoms with Crippen LogP contribution in [0.3, 0.4) is 0 Å². The van der Waals surface area contributed by atoms with Gasteiger partial charge in [-0.2, -0.15) is 0 Å². The number of para-hydroxylation sites is 2. The molecule has 0 saturated heterocycles. The molecule has 304 valence electrons. The molecule has 0 N–H and O–H groups in total. The van der Waals surface area contributed by atoms with Crippen LogP contribution in [0.1, 0.15) is 0 Å². The van der Waals surface area contributed by atoms with E-state index in [4.69, 9.17) is 4.42 Å². The van der Waals surface area contributed by atoms with E-state index in [2.05, 4.69) is 235 Å². The van der Waals surface area contributed by atoms with E-state index in [0.29, 0.717) is 0 Å². The highest BCUT2D eigenvalue weighted by Crippen LogP contribution is 2.51. The summed E-state index contributed by atoms with van der Waals surface area (Å²) in [4.78, 5) is 2.50. The van der Waals surface area contributed by atoms with Gasteiger partial charge >= 0.3 is 0 Å². The number of fused-ring (bicyclic) bond motifs is 9. The number of thiophene rings is 1. The first-order valence-electron chi connectivity index (χ1n) is 22.2. The first-order chi connectivity index (χ1) is 32.2. The highest BCUT2D eigenvalue weighted by Gasteiger charge is 2.25. The molecule has 11 aromatic carbocycles. The second-order valence-corrected chi connectivity index (χ2v) is 17.8. The molecule has 13 rings (SSSR count). The number of nitrogens with zero attached hydrogens (tertiary/aromatic N) is 1. The minimum Gasteiger partial charge on any atom is -0.455 e. The maximum absolute atomic E-state index is 6.54. The molecule has 0 radical (unpaired) electrons. The van der Waals surface area contributed by atoms with Gasteiger partial charge in [-0.1, -0.05) is 200 Å². The van der Waals surface area contributed by atoms with Crippen LogP contribution < -0.4 is 4.90 Å². The van der Waals surface area contributed by atoms with Gasteiger partial charge in [0.05, 0.1) is 5.69 Å². The molecule has 2 heterocycles. The number of benzene rings is 11. The molecule has 0 unspecified atom stereocenters. The molecule has 0 aliphatic rings. The maximum Gasteiger partial charge on any atom is 0.143 e. The van der Waals surface area contributed by atoms with Crippen LogP contribution in [0.5, 0.6) is 0 Å². The van der Waals surface area contributed by atoms with Crippen molar-refractivity contribution in [2.45, 2.75) is 0 Å². The van der Waals surface area contributed by atoms with E-state index in [-0.39, 0.29) is 0 Å². The van der Waals surface area contributed by atoms with Crippen LogP contribution >= 0.6 is 11.3 Å². The Morgan fingerprint density at radius 2 is 0.877 bits per heavy atom. The van der Waals surface area contributed by atoms with Crippen molar-refractivity contribution < 1.29 is 4.42 Å². The molecule has 65 heavy (non-hydrogen) atoms. The smallest absolute Gasteiger partial charge is 0.143 e. The van der Waals surface area contributed by atoms with Gasteiger partial charge in [-0.05, 0) is 85.9 Å². The van der Waals surface area contributed by atoms with Crippen LogP contribution in [0, 0.1) is 0 Å². The summed E-state index contributed by atoms with van der Waals surface area (Å²) in [5.41, 5.74) is 14.4. The van der Waals surface area contributed by atoms with Gasteiger partial charge in [0, 0.05) is 58.8 Å². The molecular formula is C62H39NOS. The summed E-state index contributed by atoms with van der Waals surface area (Å²) in [5, 5.41) is 9.68. The van der Waals surface area contributed by atoms with E-state index in [0.717, 1.165) is 55.7 Å². The fraction of sp³-hybridized carbons (Fsp3) is 0. The summed E-state index contributed by atoms with van der Waals surface area (Å²) in [6, 6.07) is 86.1. The molecule has 0 bridgehead atoms. The van der Waals surface area contributed by atoms with Crippen molar-refractivity contribution in [3.8, 4) is 44.5 Å². The monoisotopic (exact) mass is 845 g/mol. The molecule has 0 saturated carbocycles. The summed E-state index contributed by atoms with van der Waals surface area (Å²) in [6.07, 6.45) is 0. The van der Waals surface area contributed by atoms with Crippen molar-refractivity contribution in [3.05, 3.63) is 237 Å². The van der Waals surface area contributed by atoms with Crippen LogP contribution in [0.2, 0.25) is 0 Å². The van der Waals surface area contributed by atoms with Crippen molar-refractivity contribution in [3.63, 3.8) is 0 Å². The van der Waals surface area contributed by atoms with E-state index in [1.54, 1.807) is 0 Å². The summed E-state index contributed by atoms with van der Waals surface area (Å²) in [6.45, 7) is 0. The third-order valence-corrected chi connectivity index (χ3v) is 14.3. The zero-order valence-electron chi connectivity index (χ0n) is 35.3. The average Bonchev–Trinajstić information content (AvgIpc) is 3.96. The van der Waals surface area contributed by atoms with Gasteiger partial charge < -0.3 is 9.32 Å². The zero-order chi connectivity index (χ0) is 42.8. The van der Waals surface area contributed by atoms with Crippen LogP contribution in [-0.2, 0) is 0 Å². The normalized spacial score (nSPS) is 11.7. The molecule has 0 atom stereocenters. The standard InChI is InChI=1S/C62H39NOS/c1-2-15-40(16-3-1)41-31-33-43(34-32-41)59-53-23-6-4-19-49(53)50-20-5-7-24-54(50)60(59)63(45-37-35-42(36-38-45)47-25-13-27-55-51-21-8-10-29-57(51)64-61(47)55)46-18-12-17-44(39-46)48-26-14-28-56-52-22-9-11-30-58(52)65-62(48)56/h1-39H. The summed E-state index contributed by atoms with van der Waals surface area (Å²) in [5.74, 6) is 0. The Bertz CT molecular complexity index is 3940. The van der Waals surface area contributed by atoms with Gasteiger partial charge in [0.15, 0.2) is 0 Å². The Balaban J connectivity index is 1.06. The van der Waals surface area contributed by atoms with Crippen LogP contribution in [0.25, 0.3) is 108 Å². The SMILES string of the molecule is c1ccc(-c2ccc(-c3c(N(c4ccc(-c5cccc6c5oc5ccccc56)cc4)c4cccc(-c5cccc6c5sc5ccccc56)c4)c4ccccc4c4ccccc34)cc2)cc1. The molecule has 0 aliphatic heterocycles. The lowest BCUT2D eigenvalue weighted by molar-refractivity contribution is 0.670. The molecule has 0 aliphatic carbocycles. The molecule has 0 spiro atoms. The fourth-order valence-electron chi connectivity index (χ4n) is 10.1. The van der Waals surface area contributed by atoms with Crippen molar-refractivity contribution in [2.24, 2.45) is 0 Å². The predicted molar refractivity (Wildman–Crippen MR) is 278 cm³/mol. The van der Waals surface area contributed by atoms with Crippen molar-refractivity contribution in [1.82, 2.24) is 0 Å². The quantitative estimate of drug-likeness (QED) is 0.149. The van der Waals surface area contributed by atoms with E-state index in [1.807, 2.05) is 17.4 Å². The third kappa shape index (κ3) is 6.16. The molecule has 0 fully saturated rings. The van der Waals surface area contributed by atoms with Crippen molar-refractivity contribution in [1.29, 1.82) is 0 Å². The first kappa shape index (κ1) is 37.3. The minimum absolute atomic E-state index is 0.900. The van der Waals surface area contributed by atoms with Gasteiger partial charge in [0.25, 0.3) is 0 Å². The van der Waals surface area contributed by atoms with E-state index in [1.165, 1.54) is 69.5 Å². The first-order valence-corrected chi connectivity index (χ1v) is 23.0. The van der Waals surface area contributed by atoms with E-state index < -0.39 is 0 Å². The fourth-order valence-corrected chi connectivity index (χ4v) is 11.3. The summed E-state index contributed by atoms with van der Waals surface area (Å²) in [7, 11) is 0. The van der Waals surface area contributed by atoms with E-state index >= 15 is 0 Å². The summed E-state index contributed by atoms with van der Waals surface area (Å²) < 4.78 is 9.15. The average molecular weight is 846 g/mol. The number of hydrogen-bond donors (Lipinski definition) is 0. The van der Waals surface area contributed by atoms with E-state index in [9.17, 15) is 0 Å². The summed E-state index contributed by atoms with van der Waals surface area (Å²) >= 11 is 1.87. The number of anilines is 3. The lowest BCUT2D eigenvalue weighted by atomic mass is 9.89. The Labute approximate surface area is 380 Å². The molecule has 2 nitrogen and oxygen atoms in total. The molecule has 0 amide bonds. The Hall–Kier alpha value is -8.24. The van der Waals surface area contributed by atoms with Gasteiger partial charge in [-0.25, -0.2) is 0 Å². The predicted octanol–water partition coefficient (Wildman–Crippen LogP) is 18.4. The van der Waals surface area contributed by atoms with Crippen molar-refractivity contribution in [2.75, 3.05) is 4.90 Å². The van der Waals surface area contributed by atoms with Crippen LogP contribution in [0.15, 0.2) is 241 Å². The number of furan rings is 1. The lowest BCUT2D eigenvalue weighted by Gasteiger charge is -2.31. The zero-order valence-corrected chi connectivity index (χ0v) is 36.1.